The van der Waals surface area contributed by atoms with Crippen molar-refractivity contribution in [3.05, 3.63) is 64.7 Å². The maximum absolute atomic E-state index is 12.2. The number of nitrogens with zero attached hydrogens (tertiary/aromatic N) is 1. The second-order valence-electron chi connectivity index (χ2n) is 5.93. The fraction of sp³-hybridized carbons (Fsp3) is 0.300. The molecule has 0 aliphatic rings. The van der Waals surface area contributed by atoms with E-state index < -0.39 is 0 Å². The molecule has 0 saturated heterocycles. The molecule has 0 fully saturated rings. The molecule has 0 atom stereocenters. The Morgan fingerprint density at radius 1 is 0.800 bits per heavy atom. The predicted molar refractivity (Wildman–Crippen MR) is 101 cm³/mol. The molecule has 0 aliphatic heterocycles. The first-order chi connectivity index (χ1) is 12.0. The van der Waals surface area contributed by atoms with Gasteiger partial charge in [0.2, 0.25) is 0 Å². The number of carbonyl (C=O) groups is 2. The molecule has 0 saturated carbocycles. The van der Waals surface area contributed by atoms with Gasteiger partial charge in [-0.2, -0.15) is 0 Å². The highest BCUT2D eigenvalue weighted by molar-refractivity contribution is 5.99. The maximum atomic E-state index is 12.2. The molecule has 5 heteroatoms. The Balaban J connectivity index is 1.97. The van der Waals surface area contributed by atoms with Crippen LogP contribution in [0.3, 0.4) is 0 Å². The first-order valence-electron chi connectivity index (χ1n) is 8.49. The second kappa shape index (κ2) is 8.33. The van der Waals surface area contributed by atoms with Crippen LogP contribution in [0.15, 0.2) is 42.5 Å². The topological polar surface area (TPSA) is 61.4 Å². The van der Waals surface area contributed by atoms with Crippen LogP contribution in [0, 0.1) is 13.8 Å². The summed E-state index contributed by atoms with van der Waals surface area (Å²) in [6, 6.07) is 12.8. The van der Waals surface area contributed by atoms with Crippen LogP contribution in [0.25, 0.3) is 0 Å². The van der Waals surface area contributed by atoms with Gasteiger partial charge in [0.15, 0.2) is 0 Å². The van der Waals surface area contributed by atoms with Gasteiger partial charge in [-0.1, -0.05) is 6.07 Å². The van der Waals surface area contributed by atoms with Crippen molar-refractivity contribution in [3.8, 4) is 0 Å². The highest BCUT2D eigenvalue weighted by Crippen LogP contribution is 2.15. The largest absolute Gasteiger partial charge is 0.372 e. The van der Waals surface area contributed by atoms with Crippen molar-refractivity contribution in [3.63, 3.8) is 0 Å². The molecule has 2 rings (SSSR count). The van der Waals surface area contributed by atoms with E-state index in [2.05, 4.69) is 29.6 Å². The lowest BCUT2D eigenvalue weighted by Crippen LogP contribution is -2.41. The van der Waals surface area contributed by atoms with Crippen molar-refractivity contribution < 1.29 is 9.59 Å². The Kier molecular flexibility index (Phi) is 6.17. The van der Waals surface area contributed by atoms with Crippen LogP contribution >= 0.6 is 0 Å². The molecule has 0 radical (unpaired) electrons. The number of hydrazine groups is 1. The zero-order valence-electron chi connectivity index (χ0n) is 15.2. The van der Waals surface area contributed by atoms with Gasteiger partial charge in [-0.25, -0.2) is 0 Å². The Morgan fingerprint density at radius 2 is 1.32 bits per heavy atom. The Hall–Kier alpha value is -2.82. The quantitative estimate of drug-likeness (QED) is 0.822. The average molecular weight is 339 g/mol. The van der Waals surface area contributed by atoms with E-state index in [0.717, 1.165) is 29.9 Å². The second-order valence-corrected chi connectivity index (χ2v) is 5.93. The Morgan fingerprint density at radius 3 is 1.84 bits per heavy atom. The standard InChI is InChI=1S/C20H25N3O2/c1-5-23(6-2)18-11-9-16(10-12-18)19(24)21-22-20(25)17-8-7-14(3)15(4)13-17/h7-13H,5-6H2,1-4H3,(H,21,24)(H,22,25). The number of anilines is 1. The third-order valence-electron chi connectivity index (χ3n) is 4.32. The van der Waals surface area contributed by atoms with Gasteiger partial charge in [-0.3, -0.25) is 20.4 Å². The molecule has 0 aliphatic carbocycles. The molecule has 0 spiro atoms. The Bertz CT molecular complexity index is 750. The predicted octanol–water partition coefficient (Wildman–Crippen LogP) is 3.22. The molecule has 2 aromatic carbocycles. The van der Waals surface area contributed by atoms with E-state index in [0.29, 0.717) is 11.1 Å². The normalized spacial score (nSPS) is 10.2. The van der Waals surface area contributed by atoms with E-state index in [-0.39, 0.29) is 11.8 Å². The molecule has 0 heterocycles. The van der Waals surface area contributed by atoms with Crippen molar-refractivity contribution in [1.29, 1.82) is 0 Å². The third-order valence-corrected chi connectivity index (χ3v) is 4.32. The van der Waals surface area contributed by atoms with Gasteiger partial charge in [0, 0.05) is 29.9 Å². The summed E-state index contributed by atoms with van der Waals surface area (Å²) in [4.78, 5) is 26.5. The zero-order valence-corrected chi connectivity index (χ0v) is 15.2. The van der Waals surface area contributed by atoms with Crippen LogP contribution in [0.2, 0.25) is 0 Å². The number of hydrogen-bond donors (Lipinski definition) is 2. The first-order valence-corrected chi connectivity index (χ1v) is 8.49. The Labute approximate surface area is 149 Å². The van der Waals surface area contributed by atoms with Gasteiger partial charge in [-0.15, -0.1) is 0 Å². The summed E-state index contributed by atoms with van der Waals surface area (Å²) in [6.07, 6.45) is 0. The lowest BCUT2D eigenvalue weighted by atomic mass is 10.1. The number of carbonyl (C=O) groups excluding carboxylic acids is 2. The highest BCUT2D eigenvalue weighted by atomic mass is 16.2. The molecule has 0 unspecified atom stereocenters. The van der Waals surface area contributed by atoms with Crippen molar-refractivity contribution in [2.24, 2.45) is 0 Å². The summed E-state index contributed by atoms with van der Waals surface area (Å²) < 4.78 is 0. The van der Waals surface area contributed by atoms with Crippen LogP contribution in [-0.4, -0.2) is 24.9 Å². The van der Waals surface area contributed by atoms with E-state index in [1.165, 1.54) is 0 Å². The van der Waals surface area contributed by atoms with Crippen LogP contribution in [-0.2, 0) is 0 Å². The molecule has 2 aromatic rings. The third kappa shape index (κ3) is 4.59. The van der Waals surface area contributed by atoms with Gasteiger partial charge >= 0.3 is 0 Å². The molecule has 5 nitrogen and oxygen atoms in total. The summed E-state index contributed by atoms with van der Waals surface area (Å²) in [5.74, 6) is -0.681. The number of benzene rings is 2. The van der Waals surface area contributed by atoms with Crippen molar-refractivity contribution in [2.75, 3.05) is 18.0 Å². The first kappa shape index (κ1) is 18.5. The lowest BCUT2D eigenvalue weighted by molar-refractivity contribution is 0.0846. The van der Waals surface area contributed by atoms with Crippen LogP contribution in [0.4, 0.5) is 5.69 Å². The summed E-state index contributed by atoms with van der Waals surface area (Å²) in [5.41, 5.74) is 9.14. The van der Waals surface area contributed by atoms with Gasteiger partial charge in [-0.05, 0) is 75.2 Å². The molecule has 2 amide bonds. The molecule has 0 aromatic heterocycles. The molecular weight excluding hydrogens is 314 g/mol. The minimum Gasteiger partial charge on any atom is -0.372 e. The van der Waals surface area contributed by atoms with E-state index >= 15 is 0 Å². The fourth-order valence-electron chi connectivity index (χ4n) is 2.55. The number of nitrogens with one attached hydrogen (secondary N) is 2. The van der Waals surface area contributed by atoms with Crippen molar-refractivity contribution in [1.82, 2.24) is 10.9 Å². The fourth-order valence-corrected chi connectivity index (χ4v) is 2.55. The van der Waals surface area contributed by atoms with E-state index in [4.69, 9.17) is 0 Å². The molecule has 2 N–H and O–H groups in total. The SMILES string of the molecule is CCN(CC)c1ccc(C(=O)NNC(=O)c2ccc(C)c(C)c2)cc1. The van der Waals surface area contributed by atoms with Gasteiger partial charge in [0.1, 0.15) is 0 Å². The summed E-state index contributed by atoms with van der Waals surface area (Å²) in [7, 11) is 0. The van der Waals surface area contributed by atoms with Gasteiger partial charge in [0.05, 0.1) is 0 Å². The van der Waals surface area contributed by atoms with Crippen molar-refractivity contribution in [2.45, 2.75) is 27.7 Å². The molecule has 0 bridgehead atoms. The van der Waals surface area contributed by atoms with Crippen LogP contribution in [0.1, 0.15) is 45.7 Å². The lowest BCUT2D eigenvalue weighted by Gasteiger charge is -2.21. The molecule has 132 valence electrons. The van der Waals surface area contributed by atoms with Crippen molar-refractivity contribution >= 4 is 17.5 Å². The maximum Gasteiger partial charge on any atom is 0.269 e. The zero-order chi connectivity index (χ0) is 18.4. The number of aryl methyl sites for hydroxylation is 2. The van der Waals surface area contributed by atoms with Gasteiger partial charge in [0.25, 0.3) is 11.8 Å². The van der Waals surface area contributed by atoms with Crippen LogP contribution in [0.5, 0.6) is 0 Å². The van der Waals surface area contributed by atoms with E-state index in [1.54, 1.807) is 24.3 Å². The number of amides is 2. The summed E-state index contributed by atoms with van der Waals surface area (Å²) in [6.45, 7) is 9.93. The summed E-state index contributed by atoms with van der Waals surface area (Å²) in [5, 5.41) is 0. The number of rotatable bonds is 5. The number of hydrogen-bond acceptors (Lipinski definition) is 3. The molecular formula is C20H25N3O2. The highest BCUT2D eigenvalue weighted by Gasteiger charge is 2.10. The molecule has 25 heavy (non-hydrogen) atoms. The van der Waals surface area contributed by atoms with E-state index in [9.17, 15) is 9.59 Å². The van der Waals surface area contributed by atoms with Crippen LogP contribution < -0.4 is 15.8 Å². The monoisotopic (exact) mass is 339 g/mol. The minimum atomic E-state index is -0.344. The van der Waals surface area contributed by atoms with Gasteiger partial charge < -0.3 is 4.90 Å². The smallest absolute Gasteiger partial charge is 0.269 e. The average Bonchev–Trinajstić information content (AvgIpc) is 2.63. The minimum absolute atomic E-state index is 0.337. The van der Waals surface area contributed by atoms with E-state index in [1.807, 2.05) is 32.0 Å². The summed E-state index contributed by atoms with van der Waals surface area (Å²) >= 11 is 0.